The maximum Gasteiger partial charge on any atom is 0.0646 e. The summed E-state index contributed by atoms with van der Waals surface area (Å²) in [6.45, 7) is 7.62. The van der Waals surface area contributed by atoms with Crippen LogP contribution in [0.4, 0.5) is 0 Å². The van der Waals surface area contributed by atoms with Crippen LogP contribution < -0.4 is 0 Å². The van der Waals surface area contributed by atoms with Crippen LogP contribution in [0.3, 0.4) is 0 Å². The standard InChI is InChI=1S/C16H17NS/c1-16(2,3)15-8-7-14(18-15)12-6-4-5-11-9-17-10-13(11)12/h4-8,10H,9H2,1-3H3. The summed E-state index contributed by atoms with van der Waals surface area (Å²) in [4.78, 5) is 7.16. The Morgan fingerprint density at radius 1 is 1.11 bits per heavy atom. The van der Waals surface area contributed by atoms with Gasteiger partial charge in [0.15, 0.2) is 0 Å². The summed E-state index contributed by atoms with van der Waals surface area (Å²) >= 11 is 1.90. The lowest BCUT2D eigenvalue weighted by atomic mass is 9.95. The number of hydrogen-bond acceptors (Lipinski definition) is 2. The average Bonchev–Trinajstić information content (AvgIpc) is 2.96. The van der Waals surface area contributed by atoms with Gasteiger partial charge in [-0.05, 0) is 23.1 Å². The van der Waals surface area contributed by atoms with E-state index in [4.69, 9.17) is 0 Å². The summed E-state index contributed by atoms with van der Waals surface area (Å²) in [5.41, 5.74) is 4.21. The lowest BCUT2D eigenvalue weighted by molar-refractivity contribution is 0.604. The summed E-state index contributed by atoms with van der Waals surface area (Å²) in [5, 5.41) is 0. The molecular weight excluding hydrogens is 238 g/mol. The second kappa shape index (κ2) is 4.06. The third-order valence-corrected chi connectivity index (χ3v) is 4.83. The van der Waals surface area contributed by atoms with E-state index in [1.165, 1.54) is 26.4 Å². The molecule has 18 heavy (non-hydrogen) atoms. The smallest absolute Gasteiger partial charge is 0.0646 e. The zero-order chi connectivity index (χ0) is 12.8. The van der Waals surface area contributed by atoms with E-state index in [-0.39, 0.29) is 5.41 Å². The van der Waals surface area contributed by atoms with Crippen LogP contribution in [-0.2, 0) is 12.0 Å². The molecule has 0 fully saturated rings. The zero-order valence-electron chi connectivity index (χ0n) is 11.0. The van der Waals surface area contributed by atoms with Crippen molar-refractivity contribution in [1.82, 2.24) is 0 Å². The monoisotopic (exact) mass is 255 g/mol. The van der Waals surface area contributed by atoms with Crippen molar-refractivity contribution >= 4 is 17.6 Å². The van der Waals surface area contributed by atoms with Crippen LogP contribution in [0, 0.1) is 0 Å². The third kappa shape index (κ3) is 1.91. The van der Waals surface area contributed by atoms with E-state index < -0.39 is 0 Å². The molecule has 92 valence electrons. The predicted molar refractivity (Wildman–Crippen MR) is 79.8 cm³/mol. The minimum atomic E-state index is 0.231. The van der Waals surface area contributed by atoms with Gasteiger partial charge >= 0.3 is 0 Å². The average molecular weight is 255 g/mol. The first-order valence-corrected chi connectivity index (χ1v) is 7.10. The molecule has 0 unspecified atom stereocenters. The van der Waals surface area contributed by atoms with Gasteiger partial charge in [0.2, 0.25) is 0 Å². The molecule has 0 radical (unpaired) electrons. The third-order valence-electron chi connectivity index (χ3n) is 3.29. The van der Waals surface area contributed by atoms with E-state index in [0.717, 1.165) is 6.54 Å². The molecule has 0 bridgehead atoms. The second-order valence-corrected chi connectivity index (χ2v) is 6.85. The minimum Gasteiger partial charge on any atom is -0.288 e. The first-order valence-electron chi connectivity index (χ1n) is 6.28. The highest BCUT2D eigenvalue weighted by molar-refractivity contribution is 7.15. The Bertz CT molecular complexity index is 614. The molecule has 2 heterocycles. The van der Waals surface area contributed by atoms with Crippen LogP contribution in [0.25, 0.3) is 10.4 Å². The Morgan fingerprint density at radius 3 is 2.67 bits per heavy atom. The number of fused-ring (bicyclic) bond motifs is 1. The molecule has 0 atom stereocenters. The molecule has 1 nitrogen and oxygen atoms in total. The van der Waals surface area contributed by atoms with Gasteiger partial charge in [0.1, 0.15) is 0 Å². The molecule has 0 spiro atoms. The van der Waals surface area contributed by atoms with Crippen molar-refractivity contribution in [3.8, 4) is 10.4 Å². The van der Waals surface area contributed by atoms with Crippen molar-refractivity contribution in [2.75, 3.05) is 0 Å². The Kier molecular flexibility index (Phi) is 2.63. The van der Waals surface area contributed by atoms with Crippen molar-refractivity contribution in [3.63, 3.8) is 0 Å². The highest BCUT2D eigenvalue weighted by atomic mass is 32.1. The first kappa shape index (κ1) is 11.7. The number of aliphatic imine (C=N–C) groups is 1. The van der Waals surface area contributed by atoms with Crippen LogP contribution >= 0.6 is 11.3 Å². The van der Waals surface area contributed by atoms with Gasteiger partial charge in [-0.15, -0.1) is 11.3 Å². The Balaban J connectivity index is 2.09. The topological polar surface area (TPSA) is 12.4 Å². The Morgan fingerprint density at radius 2 is 1.94 bits per heavy atom. The molecule has 0 saturated heterocycles. The van der Waals surface area contributed by atoms with Gasteiger partial charge in [0.25, 0.3) is 0 Å². The van der Waals surface area contributed by atoms with Crippen molar-refractivity contribution in [2.24, 2.45) is 4.99 Å². The number of benzene rings is 1. The highest BCUT2D eigenvalue weighted by Gasteiger charge is 2.18. The van der Waals surface area contributed by atoms with E-state index in [0.29, 0.717) is 0 Å². The Labute approximate surface area is 112 Å². The van der Waals surface area contributed by atoms with Crippen LogP contribution in [0.15, 0.2) is 35.3 Å². The SMILES string of the molecule is CC(C)(C)c1ccc(-c2cccc3c2C=NC3)s1. The van der Waals surface area contributed by atoms with E-state index in [1.807, 2.05) is 17.6 Å². The maximum absolute atomic E-state index is 4.37. The van der Waals surface area contributed by atoms with E-state index in [1.54, 1.807) is 0 Å². The molecule has 1 aromatic heterocycles. The molecular formula is C16H17NS. The fourth-order valence-corrected chi connectivity index (χ4v) is 3.34. The molecule has 2 aromatic rings. The molecule has 3 rings (SSSR count). The van der Waals surface area contributed by atoms with E-state index in [9.17, 15) is 0 Å². The van der Waals surface area contributed by atoms with Crippen LogP contribution in [-0.4, -0.2) is 6.21 Å². The molecule has 2 heteroatoms. The van der Waals surface area contributed by atoms with Gasteiger partial charge in [0.05, 0.1) is 6.54 Å². The minimum absolute atomic E-state index is 0.231. The molecule has 1 aliphatic rings. The predicted octanol–water partition coefficient (Wildman–Crippen LogP) is 4.65. The van der Waals surface area contributed by atoms with Crippen LogP contribution in [0.1, 0.15) is 36.8 Å². The second-order valence-electron chi connectivity index (χ2n) is 5.76. The Hall–Kier alpha value is -1.41. The van der Waals surface area contributed by atoms with Gasteiger partial charge in [-0.3, -0.25) is 4.99 Å². The summed E-state index contributed by atoms with van der Waals surface area (Å²) in [6.07, 6.45) is 2.02. The molecule has 1 aliphatic heterocycles. The van der Waals surface area contributed by atoms with Gasteiger partial charge < -0.3 is 0 Å². The van der Waals surface area contributed by atoms with Crippen LogP contribution in [0.5, 0.6) is 0 Å². The number of hydrogen-bond donors (Lipinski definition) is 0. The van der Waals surface area contributed by atoms with Crippen molar-refractivity contribution in [3.05, 3.63) is 46.3 Å². The number of thiophene rings is 1. The summed E-state index contributed by atoms with van der Waals surface area (Å²) in [7, 11) is 0. The van der Waals surface area contributed by atoms with Crippen molar-refractivity contribution in [1.29, 1.82) is 0 Å². The van der Waals surface area contributed by atoms with Crippen LogP contribution in [0.2, 0.25) is 0 Å². The summed E-state index contributed by atoms with van der Waals surface area (Å²) in [6, 6.07) is 11.0. The summed E-state index contributed by atoms with van der Waals surface area (Å²) < 4.78 is 0. The largest absolute Gasteiger partial charge is 0.288 e. The molecule has 0 N–H and O–H groups in total. The maximum atomic E-state index is 4.37. The van der Waals surface area contributed by atoms with Gasteiger partial charge in [0, 0.05) is 27.1 Å². The quantitative estimate of drug-likeness (QED) is 0.703. The fourth-order valence-electron chi connectivity index (χ4n) is 2.24. The first-order chi connectivity index (χ1) is 8.55. The number of rotatable bonds is 1. The van der Waals surface area contributed by atoms with E-state index in [2.05, 4.69) is 56.1 Å². The molecule has 1 aromatic carbocycles. The molecule has 0 saturated carbocycles. The molecule has 0 aliphatic carbocycles. The highest BCUT2D eigenvalue weighted by Crippen LogP contribution is 2.37. The van der Waals surface area contributed by atoms with Crippen molar-refractivity contribution in [2.45, 2.75) is 32.7 Å². The van der Waals surface area contributed by atoms with Gasteiger partial charge in [-0.1, -0.05) is 39.0 Å². The normalized spacial score (nSPS) is 13.9. The summed E-state index contributed by atoms with van der Waals surface area (Å²) in [5.74, 6) is 0. The lowest BCUT2D eigenvalue weighted by Crippen LogP contribution is -2.07. The van der Waals surface area contributed by atoms with Crippen molar-refractivity contribution < 1.29 is 0 Å². The lowest BCUT2D eigenvalue weighted by Gasteiger charge is -2.15. The number of nitrogens with zero attached hydrogens (tertiary/aromatic N) is 1. The zero-order valence-corrected chi connectivity index (χ0v) is 11.8. The molecule has 0 amide bonds. The van der Waals surface area contributed by atoms with Gasteiger partial charge in [-0.2, -0.15) is 0 Å². The van der Waals surface area contributed by atoms with E-state index >= 15 is 0 Å². The van der Waals surface area contributed by atoms with Gasteiger partial charge in [-0.25, -0.2) is 0 Å². The fraction of sp³-hybridized carbons (Fsp3) is 0.312.